The molecular formula is C34H33F3N2O2S. The van der Waals surface area contributed by atoms with Crippen molar-refractivity contribution in [3.8, 4) is 33.4 Å². The van der Waals surface area contributed by atoms with E-state index >= 15 is 0 Å². The average Bonchev–Trinajstić information content (AvgIpc) is 3.00. The van der Waals surface area contributed by atoms with Crippen LogP contribution in [-0.4, -0.2) is 21.0 Å². The van der Waals surface area contributed by atoms with Crippen molar-refractivity contribution < 1.29 is 21.6 Å². The van der Waals surface area contributed by atoms with Crippen LogP contribution < -0.4 is 10.0 Å². The van der Waals surface area contributed by atoms with Crippen molar-refractivity contribution >= 4 is 21.4 Å². The van der Waals surface area contributed by atoms with Crippen LogP contribution in [0.4, 0.5) is 24.5 Å². The van der Waals surface area contributed by atoms with Crippen molar-refractivity contribution in [2.24, 2.45) is 0 Å². The molecule has 8 heteroatoms. The summed E-state index contributed by atoms with van der Waals surface area (Å²) >= 11 is 0. The molecule has 0 saturated carbocycles. The van der Waals surface area contributed by atoms with Crippen molar-refractivity contribution in [3.05, 3.63) is 95.1 Å². The first-order valence-electron chi connectivity index (χ1n) is 14.4. The number of nitrogens with one attached hydrogen (secondary N) is 2. The van der Waals surface area contributed by atoms with E-state index in [-0.39, 0.29) is 5.69 Å². The zero-order valence-electron chi connectivity index (χ0n) is 23.4. The van der Waals surface area contributed by atoms with Crippen LogP contribution in [0.25, 0.3) is 33.4 Å². The monoisotopic (exact) mass is 590 g/mol. The average molecular weight is 591 g/mol. The number of rotatable bonds is 6. The van der Waals surface area contributed by atoms with Gasteiger partial charge in [0.05, 0.1) is 11.4 Å². The van der Waals surface area contributed by atoms with Gasteiger partial charge in [-0.05, 0) is 96.9 Å². The molecule has 2 aliphatic rings. The summed E-state index contributed by atoms with van der Waals surface area (Å²) in [6, 6.07) is 23.1. The van der Waals surface area contributed by atoms with E-state index in [2.05, 4.69) is 16.1 Å². The van der Waals surface area contributed by atoms with Crippen LogP contribution in [0.2, 0.25) is 0 Å². The Morgan fingerprint density at radius 1 is 0.643 bits per heavy atom. The molecule has 42 heavy (non-hydrogen) atoms. The van der Waals surface area contributed by atoms with Crippen molar-refractivity contribution in [3.63, 3.8) is 0 Å². The highest BCUT2D eigenvalue weighted by atomic mass is 32.2. The summed E-state index contributed by atoms with van der Waals surface area (Å²) in [7, 11) is -3.88. The molecule has 0 aromatic heterocycles. The standard InChI is InChI=1S/C34H33F3N2O2S/c1-38-32-28(22-12-4-2-5-13-22)20-24-16-8-10-18-26(24)30(32)31-27-19-11-9-17-25(27)21-29(23-14-6-3-7-15-23)33(31)39-42(40,41)34(35,36)37/h2-7,12-15,20-21,38-39H,8-11,16-19H2,1H3. The molecule has 0 radical (unpaired) electrons. The fraction of sp³-hybridized carbons (Fsp3) is 0.294. The van der Waals surface area contributed by atoms with Gasteiger partial charge in [-0.25, -0.2) is 0 Å². The zero-order chi connectivity index (χ0) is 29.5. The van der Waals surface area contributed by atoms with Gasteiger partial charge in [0.15, 0.2) is 0 Å². The first-order valence-corrected chi connectivity index (χ1v) is 15.9. The van der Waals surface area contributed by atoms with E-state index in [1.54, 1.807) is 0 Å². The van der Waals surface area contributed by atoms with Crippen molar-refractivity contribution in [1.82, 2.24) is 0 Å². The minimum Gasteiger partial charge on any atom is -0.387 e. The Morgan fingerprint density at radius 3 is 1.52 bits per heavy atom. The molecule has 4 aromatic rings. The molecule has 0 aliphatic heterocycles. The van der Waals surface area contributed by atoms with Crippen LogP contribution in [-0.2, 0) is 35.7 Å². The summed E-state index contributed by atoms with van der Waals surface area (Å²) < 4.78 is 69.7. The Labute approximate surface area is 245 Å². The lowest BCUT2D eigenvalue weighted by molar-refractivity contribution is -0.0429. The molecule has 218 valence electrons. The Morgan fingerprint density at radius 2 is 1.07 bits per heavy atom. The number of hydrogen-bond acceptors (Lipinski definition) is 3. The minimum absolute atomic E-state index is 0.00587. The van der Waals surface area contributed by atoms with Crippen LogP contribution in [0, 0.1) is 0 Å². The first kappa shape index (κ1) is 28.3. The maximum atomic E-state index is 14.0. The molecule has 0 fully saturated rings. The van der Waals surface area contributed by atoms with E-state index in [4.69, 9.17) is 0 Å². The molecule has 4 nitrogen and oxygen atoms in total. The van der Waals surface area contributed by atoms with E-state index < -0.39 is 15.5 Å². The van der Waals surface area contributed by atoms with Gasteiger partial charge in [-0.3, -0.25) is 4.72 Å². The van der Waals surface area contributed by atoms with Gasteiger partial charge in [-0.1, -0.05) is 60.7 Å². The third-order valence-electron chi connectivity index (χ3n) is 8.51. The lowest BCUT2D eigenvalue weighted by Gasteiger charge is -2.31. The van der Waals surface area contributed by atoms with Gasteiger partial charge in [0.1, 0.15) is 0 Å². The van der Waals surface area contributed by atoms with Gasteiger partial charge < -0.3 is 5.32 Å². The third kappa shape index (κ3) is 5.06. The van der Waals surface area contributed by atoms with E-state index in [0.717, 1.165) is 89.6 Å². The summed E-state index contributed by atoms with van der Waals surface area (Å²) in [4.78, 5) is 0. The fourth-order valence-corrected chi connectivity index (χ4v) is 7.21. The molecule has 2 N–H and O–H groups in total. The van der Waals surface area contributed by atoms with Crippen molar-refractivity contribution in [2.45, 2.75) is 56.9 Å². The van der Waals surface area contributed by atoms with Gasteiger partial charge in [-0.15, -0.1) is 0 Å². The molecule has 0 bridgehead atoms. The molecule has 0 saturated heterocycles. The number of sulfonamides is 1. The van der Waals surface area contributed by atoms with Crippen LogP contribution in [0.15, 0.2) is 72.8 Å². The molecule has 0 heterocycles. The Bertz CT molecular complexity index is 1740. The maximum absolute atomic E-state index is 14.0. The van der Waals surface area contributed by atoms with E-state index in [9.17, 15) is 21.6 Å². The summed E-state index contributed by atoms with van der Waals surface area (Å²) in [5.74, 6) is 0. The van der Waals surface area contributed by atoms with Gasteiger partial charge in [0, 0.05) is 29.3 Å². The van der Waals surface area contributed by atoms with E-state index in [1.807, 2.05) is 73.8 Å². The smallest absolute Gasteiger partial charge is 0.387 e. The van der Waals surface area contributed by atoms with Gasteiger partial charge in [0.25, 0.3) is 0 Å². The van der Waals surface area contributed by atoms with Crippen LogP contribution in [0.3, 0.4) is 0 Å². The van der Waals surface area contributed by atoms with Gasteiger partial charge in [0.2, 0.25) is 0 Å². The summed E-state index contributed by atoms with van der Waals surface area (Å²) in [5.41, 5.74) is 3.98. The highest BCUT2D eigenvalue weighted by molar-refractivity contribution is 7.93. The number of fused-ring (bicyclic) bond motifs is 2. The predicted molar refractivity (Wildman–Crippen MR) is 164 cm³/mol. The molecule has 0 amide bonds. The summed E-state index contributed by atoms with van der Waals surface area (Å²) in [6.45, 7) is 0. The second-order valence-electron chi connectivity index (χ2n) is 11.1. The number of anilines is 2. The second kappa shape index (κ2) is 11.1. The number of hydrogen-bond donors (Lipinski definition) is 2. The van der Waals surface area contributed by atoms with Crippen molar-refractivity contribution in [1.29, 1.82) is 0 Å². The summed E-state index contributed by atoms with van der Waals surface area (Å²) in [6.07, 6.45) is 6.90. The SMILES string of the molecule is CNc1c(-c2ccccc2)cc2c(c1-c1c3c(cc(-c4ccccc4)c1NS(=O)(=O)C(F)(F)F)CCCC3)CCCC2. The number of alkyl halides is 3. The Balaban J connectivity index is 1.78. The molecule has 0 unspecified atom stereocenters. The Hall–Kier alpha value is -3.78. The third-order valence-corrected chi connectivity index (χ3v) is 9.59. The molecule has 4 aromatic carbocycles. The maximum Gasteiger partial charge on any atom is 0.516 e. The predicted octanol–water partition coefficient (Wildman–Crippen LogP) is 8.75. The highest BCUT2D eigenvalue weighted by Gasteiger charge is 2.47. The summed E-state index contributed by atoms with van der Waals surface area (Å²) in [5, 5.41) is 3.40. The normalized spacial score (nSPS) is 15.0. The molecule has 6 rings (SSSR count). The number of halogens is 3. The van der Waals surface area contributed by atoms with E-state index in [1.165, 1.54) is 0 Å². The Kier molecular flexibility index (Phi) is 7.51. The highest BCUT2D eigenvalue weighted by Crippen LogP contribution is 2.51. The lowest BCUT2D eigenvalue weighted by Crippen LogP contribution is -2.30. The number of benzene rings is 4. The molecule has 0 spiro atoms. The first-order chi connectivity index (χ1) is 20.2. The zero-order valence-corrected chi connectivity index (χ0v) is 24.3. The molecule has 2 aliphatic carbocycles. The largest absolute Gasteiger partial charge is 0.516 e. The lowest BCUT2D eigenvalue weighted by atomic mass is 9.76. The quantitative estimate of drug-likeness (QED) is 0.236. The van der Waals surface area contributed by atoms with Crippen LogP contribution in [0.1, 0.15) is 47.9 Å². The topological polar surface area (TPSA) is 58.2 Å². The minimum atomic E-state index is -5.71. The second-order valence-corrected chi connectivity index (χ2v) is 12.7. The van der Waals surface area contributed by atoms with E-state index in [0.29, 0.717) is 23.1 Å². The fourth-order valence-electron chi connectivity index (χ4n) is 6.61. The van der Waals surface area contributed by atoms with Crippen molar-refractivity contribution in [2.75, 3.05) is 17.1 Å². The van der Waals surface area contributed by atoms with Crippen LogP contribution in [0.5, 0.6) is 0 Å². The number of aryl methyl sites for hydroxylation is 2. The molecule has 0 atom stereocenters. The van der Waals surface area contributed by atoms with Gasteiger partial charge in [-0.2, -0.15) is 21.6 Å². The van der Waals surface area contributed by atoms with Crippen LogP contribution >= 0.6 is 0 Å². The molecular weight excluding hydrogens is 557 g/mol. The van der Waals surface area contributed by atoms with Gasteiger partial charge >= 0.3 is 15.5 Å².